The summed E-state index contributed by atoms with van der Waals surface area (Å²) in [6.07, 6.45) is 5.42. The molecule has 2 aliphatic rings. The van der Waals surface area contributed by atoms with Gasteiger partial charge in [0.25, 0.3) is 0 Å². The van der Waals surface area contributed by atoms with Crippen LogP contribution in [0.4, 0.5) is 0 Å². The van der Waals surface area contributed by atoms with Gasteiger partial charge in [-0.2, -0.15) is 0 Å². The Kier molecular flexibility index (Phi) is 4.80. The molecule has 0 saturated carbocycles. The minimum Gasteiger partial charge on any atom is -0.310 e. The minimum atomic E-state index is 0.244. The number of hydrogen-bond acceptors (Lipinski definition) is 2. The lowest BCUT2D eigenvalue weighted by Gasteiger charge is -2.37. The highest BCUT2D eigenvalue weighted by molar-refractivity contribution is 6.42. The molecule has 0 spiro atoms. The molecule has 116 valence electrons. The maximum Gasteiger partial charge on any atom is 0.0639 e. The van der Waals surface area contributed by atoms with Gasteiger partial charge >= 0.3 is 0 Å². The van der Waals surface area contributed by atoms with Crippen molar-refractivity contribution in [3.8, 4) is 0 Å². The Morgan fingerprint density at radius 3 is 2.57 bits per heavy atom. The standard InChI is InChI=1S/C17H24Cl2N2/c1-11(15-4-3-5-16(18)17(15)19)20-10-12-8-13-6-7-14(9-12)21(13)2/h3-5,11-14,20H,6-10H2,1-2H3. The molecule has 2 fully saturated rings. The predicted molar refractivity (Wildman–Crippen MR) is 90.2 cm³/mol. The van der Waals surface area contributed by atoms with Gasteiger partial charge in [-0.15, -0.1) is 0 Å². The molecule has 2 nitrogen and oxygen atoms in total. The molecule has 0 aliphatic carbocycles. The average molecular weight is 327 g/mol. The molecule has 21 heavy (non-hydrogen) atoms. The molecule has 1 aromatic rings. The zero-order chi connectivity index (χ0) is 15.0. The van der Waals surface area contributed by atoms with E-state index in [2.05, 4.69) is 30.3 Å². The van der Waals surface area contributed by atoms with Gasteiger partial charge in [0, 0.05) is 18.1 Å². The summed E-state index contributed by atoms with van der Waals surface area (Å²) in [7, 11) is 2.29. The van der Waals surface area contributed by atoms with Crippen molar-refractivity contribution in [1.29, 1.82) is 0 Å². The average Bonchev–Trinajstić information content (AvgIpc) is 2.70. The third kappa shape index (κ3) is 3.24. The number of fused-ring (bicyclic) bond motifs is 2. The lowest BCUT2D eigenvalue weighted by Crippen LogP contribution is -2.42. The van der Waals surface area contributed by atoms with E-state index in [1.54, 1.807) is 0 Å². The molecule has 2 saturated heterocycles. The smallest absolute Gasteiger partial charge is 0.0639 e. The molecule has 2 bridgehead atoms. The summed E-state index contributed by atoms with van der Waals surface area (Å²) in [5.41, 5.74) is 1.10. The predicted octanol–water partition coefficient (Wildman–Crippen LogP) is 4.52. The van der Waals surface area contributed by atoms with E-state index >= 15 is 0 Å². The fraction of sp³-hybridized carbons (Fsp3) is 0.647. The molecule has 3 atom stereocenters. The van der Waals surface area contributed by atoms with Crippen molar-refractivity contribution in [1.82, 2.24) is 10.2 Å². The molecule has 0 aromatic heterocycles. The van der Waals surface area contributed by atoms with E-state index in [1.165, 1.54) is 25.7 Å². The van der Waals surface area contributed by atoms with Crippen molar-refractivity contribution in [2.45, 2.75) is 50.7 Å². The quantitative estimate of drug-likeness (QED) is 0.875. The van der Waals surface area contributed by atoms with Crippen molar-refractivity contribution in [3.05, 3.63) is 33.8 Å². The Labute approximate surface area is 137 Å². The SMILES string of the molecule is CC(NCC1CC2CCC(C1)N2C)c1cccc(Cl)c1Cl. The van der Waals surface area contributed by atoms with Gasteiger partial charge in [-0.1, -0.05) is 35.3 Å². The maximum atomic E-state index is 6.31. The van der Waals surface area contributed by atoms with Crippen LogP contribution >= 0.6 is 23.2 Å². The van der Waals surface area contributed by atoms with E-state index in [4.69, 9.17) is 23.2 Å². The zero-order valence-electron chi connectivity index (χ0n) is 12.8. The number of nitrogens with one attached hydrogen (secondary N) is 1. The zero-order valence-corrected chi connectivity index (χ0v) is 14.3. The first kappa shape index (κ1) is 15.6. The number of halogens is 2. The molecule has 2 aliphatic heterocycles. The second-order valence-corrected chi connectivity index (χ2v) is 7.45. The summed E-state index contributed by atoms with van der Waals surface area (Å²) in [5.74, 6) is 0.791. The van der Waals surface area contributed by atoms with Gasteiger partial charge in [-0.05, 0) is 63.7 Å². The largest absolute Gasteiger partial charge is 0.310 e. The Morgan fingerprint density at radius 1 is 1.24 bits per heavy atom. The highest BCUT2D eigenvalue weighted by Gasteiger charge is 2.38. The molecule has 1 aromatic carbocycles. The number of piperidine rings is 1. The summed E-state index contributed by atoms with van der Waals surface area (Å²) in [6, 6.07) is 7.73. The van der Waals surface area contributed by atoms with Crippen LogP contribution in [0.3, 0.4) is 0 Å². The van der Waals surface area contributed by atoms with E-state index in [0.29, 0.717) is 10.0 Å². The monoisotopic (exact) mass is 326 g/mol. The first-order chi connectivity index (χ1) is 10.1. The minimum absolute atomic E-state index is 0.244. The molecule has 4 heteroatoms. The van der Waals surface area contributed by atoms with E-state index in [0.717, 1.165) is 30.1 Å². The van der Waals surface area contributed by atoms with Crippen molar-refractivity contribution >= 4 is 23.2 Å². The van der Waals surface area contributed by atoms with Gasteiger partial charge in [-0.25, -0.2) is 0 Å². The Balaban J connectivity index is 1.57. The maximum absolute atomic E-state index is 6.31. The normalized spacial score (nSPS) is 30.6. The van der Waals surface area contributed by atoms with Crippen LogP contribution in [0.1, 0.15) is 44.2 Å². The topological polar surface area (TPSA) is 15.3 Å². The molecular formula is C17H24Cl2N2. The molecule has 2 heterocycles. The van der Waals surface area contributed by atoms with Crippen LogP contribution in [0.15, 0.2) is 18.2 Å². The van der Waals surface area contributed by atoms with E-state index in [9.17, 15) is 0 Å². The molecule has 0 radical (unpaired) electrons. The van der Waals surface area contributed by atoms with Gasteiger partial charge in [0.15, 0.2) is 0 Å². The Bertz CT molecular complexity index is 492. The molecule has 3 rings (SSSR count). The summed E-state index contributed by atoms with van der Waals surface area (Å²) in [4.78, 5) is 2.59. The number of nitrogens with zero attached hydrogens (tertiary/aromatic N) is 1. The van der Waals surface area contributed by atoms with Gasteiger partial charge in [0.2, 0.25) is 0 Å². The summed E-state index contributed by atoms with van der Waals surface area (Å²) in [5, 5.41) is 4.98. The second kappa shape index (κ2) is 6.45. The van der Waals surface area contributed by atoms with E-state index < -0.39 is 0 Å². The fourth-order valence-electron chi connectivity index (χ4n) is 4.00. The number of hydrogen-bond donors (Lipinski definition) is 1. The molecule has 0 amide bonds. The van der Waals surface area contributed by atoms with Crippen LogP contribution in [0.2, 0.25) is 10.0 Å². The van der Waals surface area contributed by atoms with Crippen LogP contribution in [0.5, 0.6) is 0 Å². The van der Waals surface area contributed by atoms with Gasteiger partial charge in [0.05, 0.1) is 10.0 Å². The van der Waals surface area contributed by atoms with Crippen molar-refractivity contribution < 1.29 is 0 Å². The van der Waals surface area contributed by atoms with Crippen molar-refractivity contribution in [2.24, 2.45) is 5.92 Å². The third-order valence-electron chi connectivity index (χ3n) is 5.36. The first-order valence-corrected chi connectivity index (χ1v) is 8.71. The van der Waals surface area contributed by atoms with E-state index in [1.807, 2.05) is 12.1 Å². The lowest BCUT2D eigenvalue weighted by atomic mass is 9.90. The van der Waals surface area contributed by atoms with Crippen LogP contribution in [-0.2, 0) is 0 Å². The molecule has 3 unspecified atom stereocenters. The summed E-state index contributed by atoms with van der Waals surface area (Å²) < 4.78 is 0. The van der Waals surface area contributed by atoms with E-state index in [-0.39, 0.29) is 6.04 Å². The molecular weight excluding hydrogens is 303 g/mol. The van der Waals surface area contributed by atoms with Crippen LogP contribution in [-0.4, -0.2) is 30.6 Å². The van der Waals surface area contributed by atoms with Crippen molar-refractivity contribution in [2.75, 3.05) is 13.6 Å². The molecule has 1 N–H and O–H groups in total. The number of benzene rings is 1. The van der Waals surface area contributed by atoms with Gasteiger partial charge in [0.1, 0.15) is 0 Å². The van der Waals surface area contributed by atoms with Gasteiger partial charge < -0.3 is 10.2 Å². The first-order valence-electron chi connectivity index (χ1n) is 7.95. The highest BCUT2D eigenvalue weighted by atomic mass is 35.5. The number of rotatable bonds is 4. The second-order valence-electron chi connectivity index (χ2n) is 6.66. The summed E-state index contributed by atoms with van der Waals surface area (Å²) >= 11 is 12.4. The lowest BCUT2D eigenvalue weighted by molar-refractivity contribution is 0.131. The van der Waals surface area contributed by atoms with Crippen molar-refractivity contribution in [3.63, 3.8) is 0 Å². The third-order valence-corrected chi connectivity index (χ3v) is 6.19. The van der Waals surface area contributed by atoms with Crippen LogP contribution < -0.4 is 5.32 Å². The summed E-state index contributed by atoms with van der Waals surface area (Å²) in [6.45, 7) is 3.24. The Hall–Kier alpha value is -0.280. The van der Waals surface area contributed by atoms with Crippen LogP contribution in [0.25, 0.3) is 0 Å². The fourth-order valence-corrected chi connectivity index (χ4v) is 4.47. The Morgan fingerprint density at radius 2 is 1.90 bits per heavy atom. The van der Waals surface area contributed by atoms with Crippen LogP contribution in [0, 0.1) is 5.92 Å². The van der Waals surface area contributed by atoms with Gasteiger partial charge in [-0.3, -0.25) is 0 Å². The highest BCUT2D eigenvalue weighted by Crippen LogP contribution is 2.37.